The lowest BCUT2D eigenvalue weighted by Gasteiger charge is -2.32. The van der Waals surface area contributed by atoms with Crippen LogP contribution in [0.4, 0.5) is 24.5 Å². The van der Waals surface area contributed by atoms with Crippen molar-refractivity contribution in [3.63, 3.8) is 0 Å². The van der Waals surface area contributed by atoms with Gasteiger partial charge in [0.25, 0.3) is 0 Å². The highest BCUT2D eigenvalue weighted by Crippen LogP contribution is 2.39. The van der Waals surface area contributed by atoms with Crippen LogP contribution in [-0.4, -0.2) is 24.8 Å². The molecule has 0 saturated heterocycles. The fraction of sp³-hybridized carbons (Fsp3) is 0.562. The van der Waals surface area contributed by atoms with Gasteiger partial charge in [-0.2, -0.15) is 13.2 Å². The van der Waals surface area contributed by atoms with Crippen LogP contribution >= 0.6 is 0 Å². The van der Waals surface area contributed by atoms with Crippen molar-refractivity contribution in [2.75, 3.05) is 24.6 Å². The minimum atomic E-state index is -4.56. The van der Waals surface area contributed by atoms with Crippen molar-refractivity contribution in [2.24, 2.45) is 5.41 Å². The highest BCUT2D eigenvalue weighted by Gasteiger charge is 2.34. The van der Waals surface area contributed by atoms with Crippen LogP contribution in [0.3, 0.4) is 0 Å². The van der Waals surface area contributed by atoms with E-state index in [2.05, 4.69) is 4.85 Å². The third kappa shape index (κ3) is 5.23. The molecule has 3 nitrogen and oxygen atoms in total. The summed E-state index contributed by atoms with van der Waals surface area (Å²) in [5.41, 5.74) is -0.994. The summed E-state index contributed by atoms with van der Waals surface area (Å²) in [6.07, 6.45) is -4.08. The summed E-state index contributed by atoms with van der Waals surface area (Å²) >= 11 is 0. The summed E-state index contributed by atoms with van der Waals surface area (Å²) in [7, 11) is 0. The molecule has 22 heavy (non-hydrogen) atoms. The number of halogens is 3. The highest BCUT2D eigenvalue weighted by atomic mass is 19.4. The second-order valence-corrected chi connectivity index (χ2v) is 6.37. The van der Waals surface area contributed by atoms with Gasteiger partial charge in [-0.25, -0.2) is 4.85 Å². The molecule has 0 bridgehead atoms. The van der Waals surface area contributed by atoms with E-state index >= 15 is 0 Å². The molecule has 0 aliphatic heterocycles. The monoisotopic (exact) mass is 314 g/mol. The molecule has 1 aromatic rings. The molecular formula is C16H21F3N2O. The molecule has 122 valence electrons. The molecule has 1 aromatic carbocycles. The van der Waals surface area contributed by atoms with Gasteiger partial charge in [-0.3, -0.25) is 0 Å². The fourth-order valence-electron chi connectivity index (χ4n) is 2.18. The summed E-state index contributed by atoms with van der Waals surface area (Å²) in [5.74, 6) is 0. The lowest BCUT2D eigenvalue weighted by Crippen LogP contribution is -2.34. The van der Waals surface area contributed by atoms with E-state index in [0.717, 1.165) is 6.07 Å². The molecule has 0 aromatic heterocycles. The molecule has 0 amide bonds. The van der Waals surface area contributed by atoms with Gasteiger partial charge in [-0.05, 0) is 24.0 Å². The molecule has 0 radical (unpaired) electrons. The van der Waals surface area contributed by atoms with Crippen LogP contribution in [0.15, 0.2) is 18.2 Å². The average molecular weight is 314 g/mol. The Hall–Kier alpha value is -1.74. The quantitative estimate of drug-likeness (QED) is 0.811. The number of aliphatic hydroxyl groups is 1. The van der Waals surface area contributed by atoms with Gasteiger partial charge in [-0.15, -0.1) is 0 Å². The third-order valence-corrected chi connectivity index (χ3v) is 3.02. The Morgan fingerprint density at radius 3 is 2.32 bits per heavy atom. The zero-order valence-corrected chi connectivity index (χ0v) is 13.0. The van der Waals surface area contributed by atoms with Crippen LogP contribution < -0.4 is 4.90 Å². The maximum Gasteiger partial charge on any atom is 0.407 e. The summed E-state index contributed by atoms with van der Waals surface area (Å²) in [6, 6.07) is 3.77. The third-order valence-electron chi connectivity index (χ3n) is 3.02. The predicted octanol–water partition coefficient (Wildman–Crippen LogP) is 4.49. The molecule has 1 rings (SSSR count). The summed E-state index contributed by atoms with van der Waals surface area (Å²) < 4.78 is 39.2. The Bertz CT molecular complexity index is 542. The van der Waals surface area contributed by atoms with Crippen molar-refractivity contribution < 1.29 is 18.3 Å². The molecular weight excluding hydrogens is 293 g/mol. The van der Waals surface area contributed by atoms with Crippen LogP contribution in [0.2, 0.25) is 0 Å². The molecule has 1 N–H and O–H groups in total. The van der Waals surface area contributed by atoms with E-state index in [1.807, 2.05) is 25.7 Å². The van der Waals surface area contributed by atoms with Gasteiger partial charge in [0.1, 0.15) is 0 Å². The molecule has 0 fully saturated rings. The Morgan fingerprint density at radius 1 is 1.23 bits per heavy atom. The standard InChI is InChI=1S/C16H21F3N2O/c1-15(2,3)11-21(8-5-9-22)12-6-7-14(20-4)13(10-12)16(17,18)19/h6-7,10,22H,5,8-9,11H2,1-3H3. The first-order valence-corrected chi connectivity index (χ1v) is 7.03. The maximum atomic E-state index is 13.1. The lowest BCUT2D eigenvalue weighted by molar-refractivity contribution is -0.136. The number of rotatable bonds is 5. The minimum Gasteiger partial charge on any atom is -0.396 e. The molecule has 0 aliphatic carbocycles. The van der Waals surface area contributed by atoms with E-state index in [9.17, 15) is 13.2 Å². The molecule has 0 atom stereocenters. The van der Waals surface area contributed by atoms with Gasteiger partial charge in [0.2, 0.25) is 0 Å². The van der Waals surface area contributed by atoms with Gasteiger partial charge in [0, 0.05) is 25.4 Å². The number of hydrogen-bond acceptors (Lipinski definition) is 2. The zero-order valence-electron chi connectivity index (χ0n) is 13.0. The smallest absolute Gasteiger partial charge is 0.396 e. The lowest BCUT2D eigenvalue weighted by atomic mass is 9.95. The van der Waals surface area contributed by atoms with Crippen LogP contribution in [0, 0.1) is 12.0 Å². The molecule has 0 unspecified atom stereocenters. The van der Waals surface area contributed by atoms with Gasteiger partial charge >= 0.3 is 6.18 Å². The predicted molar refractivity (Wildman–Crippen MR) is 81.1 cm³/mol. The number of aliphatic hydroxyl groups excluding tert-OH is 1. The van der Waals surface area contributed by atoms with E-state index in [0.29, 0.717) is 25.2 Å². The molecule has 0 saturated carbocycles. The Morgan fingerprint density at radius 2 is 1.86 bits per heavy atom. The van der Waals surface area contributed by atoms with Crippen molar-refractivity contribution in [1.82, 2.24) is 0 Å². The van der Waals surface area contributed by atoms with Gasteiger partial charge in [-0.1, -0.05) is 26.8 Å². The first-order chi connectivity index (χ1) is 10.1. The zero-order chi connectivity index (χ0) is 17.0. The van der Waals surface area contributed by atoms with Crippen LogP contribution in [0.1, 0.15) is 32.8 Å². The fourth-order valence-corrected chi connectivity index (χ4v) is 2.18. The molecule has 0 spiro atoms. The van der Waals surface area contributed by atoms with Crippen molar-refractivity contribution in [1.29, 1.82) is 0 Å². The van der Waals surface area contributed by atoms with E-state index in [4.69, 9.17) is 11.7 Å². The van der Waals surface area contributed by atoms with Crippen molar-refractivity contribution in [3.05, 3.63) is 35.2 Å². The average Bonchev–Trinajstić information content (AvgIpc) is 2.40. The van der Waals surface area contributed by atoms with Crippen molar-refractivity contribution in [2.45, 2.75) is 33.4 Å². The molecule has 0 aliphatic rings. The van der Waals surface area contributed by atoms with Gasteiger partial charge in [0.15, 0.2) is 5.69 Å². The first-order valence-electron chi connectivity index (χ1n) is 7.03. The SMILES string of the molecule is [C-]#[N+]c1ccc(N(CCCO)CC(C)(C)C)cc1C(F)(F)F. The summed E-state index contributed by atoms with van der Waals surface area (Å²) in [4.78, 5) is 4.76. The van der Waals surface area contributed by atoms with E-state index < -0.39 is 17.4 Å². The van der Waals surface area contributed by atoms with Gasteiger partial charge in [0.05, 0.1) is 12.1 Å². The number of hydrogen-bond donors (Lipinski definition) is 1. The van der Waals surface area contributed by atoms with Gasteiger partial charge < -0.3 is 10.0 Å². The van der Waals surface area contributed by atoms with Crippen molar-refractivity contribution >= 4 is 11.4 Å². The molecule has 6 heteroatoms. The van der Waals surface area contributed by atoms with Crippen LogP contribution in [0.25, 0.3) is 4.85 Å². The summed E-state index contributed by atoms with van der Waals surface area (Å²) in [6.45, 7) is 13.9. The number of benzene rings is 1. The number of anilines is 1. The summed E-state index contributed by atoms with van der Waals surface area (Å²) in [5, 5.41) is 8.98. The number of alkyl halides is 3. The first kappa shape index (κ1) is 18.3. The van der Waals surface area contributed by atoms with Crippen molar-refractivity contribution in [3.8, 4) is 0 Å². The maximum absolute atomic E-state index is 13.1. The second-order valence-electron chi connectivity index (χ2n) is 6.37. The number of nitrogens with zero attached hydrogens (tertiary/aromatic N) is 2. The van der Waals surface area contributed by atoms with Crippen LogP contribution in [0.5, 0.6) is 0 Å². The van der Waals surface area contributed by atoms with E-state index in [-0.39, 0.29) is 12.0 Å². The minimum absolute atomic E-state index is 0.0209. The van der Waals surface area contributed by atoms with E-state index in [1.165, 1.54) is 12.1 Å². The second kappa shape index (κ2) is 7.01. The Kier molecular flexibility index (Phi) is 5.84. The topological polar surface area (TPSA) is 27.8 Å². The Labute approximate surface area is 129 Å². The highest BCUT2D eigenvalue weighted by molar-refractivity contribution is 5.62. The largest absolute Gasteiger partial charge is 0.407 e. The molecule has 0 heterocycles. The van der Waals surface area contributed by atoms with Crippen LogP contribution in [-0.2, 0) is 6.18 Å². The van der Waals surface area contributed by atoms with E-state index in [1.54, 1.807) is 0 Å². The Balaban J connectivity index is 3.22. The normalized spacial score (nSPS) is 12.1.